The van der Waals surface area contributed by atoms with E-state index in [1.54, 1.807) is 23.4 Å². The van der Waals surface area contributed by atoms with Crippen LogP contribution in [0.4, 0.5) is 0 Å². The van der Waals surface area contributed by atoms with Crippen molar-refractivity contribution in [1.82, 2.24) is 15.2 Å². The molecule has 1 aromatic heterocycles. The van der Waals surface area contributed by atoms with Gasteiger partial charge in [0, 0.05) is 36.9 Å². The van der Waals surface area contributed by atoms with Crippen LogP contribution in [0.2, 0.25) is 5.02 Å². The highest BCUT2D eigenvalue weighted by Gasteiger charge is 2.47. The molecule has 25 heavy (non-hydrogen) atoms. The third-order valence-electron chi connectivity index (χ3n) is 4.67. The summed E-state index contributed by atoms with van der Waals surface area (Å²) in [6.07, 6.45) is 4.26. The van der Waals surface area contributed by atoms with Crippen molar-refractivity contribution < 1.29 is 9.59 Å². The van der Waals surface area contributed by atoms with Gasteiger partial charge in [0.25, 0.3) is 0 Å². The monoisotopic (exact) mass is 357 g/mol. The molecule has 2 heterocycles. The van der Waals surface area contributed by atoms with E-state index in [-0.39, 0.29) is 11.8 Å². The molecule has 1 fully saturated rings. The molecule has 0 aliphatic carbocycles. The van der Waals surface area contributed by atoms with Crippen LogP contribution in [0.3, 0.4) is 0 Å². The van der Waals surface area contributed by atoms with E-state index in [4.69, 9.17) is 11.6 Å². The van der Waals surface area contributed by atoms with Crippen molar-refractivity contribution in [3.8, 4) is 0 Å². The van der Waals surface area contributed by atoms with E-state index in [1.165, 1.54) is 0 Å². The Bertz CT molecular complexity index is 781. The third kappa shape index (κ3) is 3.66. The van der Waals surface area contributed by atoms with Crippen LogP contribution in [0.1, 0.15) is 30.9 Å². The SMILES string of the molecule is CC1(C(=O)NCc2cccnc2)CCC(=O)N1Cc1ccccc1Cl. The Balaban J connectivity index is 1.74. The van der Waals surface area contributed by atoms with Crippen LogP contribution in [-0.2, 0) is 22.7 Å². The minimum Gasteiger partial charge on any atom is -0.350 e. The highest BCUT2D eigenvalue weighted by Crippen LogP contribution is 2.33. The molecule has 1 saturated heterocycles. The fourth-order valence-electron chi connectivity index (χ4n) is 3.07. The summed E-state index contributed by atoms with van der Waals surface area (Å²) in [5.41, 5.74) is 0.880. The molecule has 0 bridgehead atoms. The fraction of sp³-hybridized carbons (Fsp3) is 0.316. The zero-order valence-electron chi connectivity index (χ0n) is 14.0. The molecule has 0 spiro atoms. The molecule has 1 unspecified atom stereocenters. The van der Waals surface area contributed by atoms with E-state index in [1.807, 2.05) is 37.3 Å². The Hall–Kier alpha value is -2.40. The second kappa shape index (κ2) is 7.23. The predicted molar refractivity (Wildman–Crippen MR) is 95.7 cm³/mol. The maximum Gasteiger partial charge on any atom is 0.245 e. The second-order valence-corrected chi connectivity index (χ2v) is 6.80. The Morgan fingerprint density at radius 2 is 2.12 bits per heavy atom. The first-order valence-corrected chi connectivity index (χ1v) is 8.59. The molecule has 0 saturated carbocycles. The van der Waals surface area contributed by atoms with Gasteiger partial charge in [-0.3, -0.25) is 14.6 Å². The zero-order chi connectivity index (χ0) is 17.9. The molecule has 6 heteroatoms. The van der Waals surface area contributed by atoms with E-state index >= 15 is 0 Å². The molecular weight excluding hydrogens is 338 g/mol. The molecule has 5 nitrogen and oxygen atoms in total. The van der Waals surface area contributed by atoms with Gasteiger partial charge in [-0.25, -0.2) is 0 Å². The third-order valence-corrected chi connectivity index (χ3v) is 5.04. The molecule has 3 rings (SSSR count). The van der Waals surface area contributed by atoms with Gasteiger partial charge < -0.3 is 10.2 Å². The first-order valence-electron chi connectivity index (χ1n) is 8.22. The summed E-state index contributed by atoms with van der Waals surface area (Å²) >= 11 is 6.22. The first kappa shape index (κ1) is 17.4. The standard InChI is InChI=1S/C19H20ClN3O2/c1-19(18(25)22-12-14-5-4-10-21-11-14)9-8-17(24)23(19)13-15-6-2-3-7-16(15)20/h2-7,10-11H,8-9,12-13H2,1H3,(H,22,25). The van der Waals surface area contributed by atoms with Gasteiger partial charge in [-0.1, -0.05) is 35.9 Å². The summed E-state index contributed by atoms with van der Waals surface area (Å²) < 4.78 is 0. The summed E-state index contributed by atoms with van der Waals surface area (Å²) in [7, 11) is 0. The highest BCUT2D eigenvalue weighted by atomic mass is 35.5. The van der Waals surface area contributed by atoms with Crippen LogP contribution in [0.15, 0.2) is 48.8 Å². The minimum absolute atomic E-state index is 0.0288. The van der Waals surface area contributed by atoms with E-state index in [0.29, 0.717) is 31.0 Å². The van der Waals surface area contributed by atoms with Crippen LogP contribution >= 0.6 is 11.6 Å². The van der Waals surface area contributed by atoms with Gasteiger partial charge in [-0.05, 0) is 36.6 Å². The van der Waals surface area contributed by atoms with Gasteiger partial charge >= 0.3 is 0 Å². The van der Waals surface area contributed by atoms with Crippen LogP contribution in [0, 0.1) is 0 Å². The number of carbonyl (C=O) groups is 2. The molecule has 130 valence electrons. The van der Waals surface area contributed by atoms with E-state index < -0.39 is 5.54 Å². The number of hydrogen-bond acceptors (Lipinski definition) is 3. The summed E-state index contributed by atoms with van der Waals surface area (Å²) in [6, 6.07) is 11.1. The number of benzene rings is 1. The number of pyridine rings is 1. The van der Waals surface area contributed by atoms with Gasteiger partial charge in [-0.15, -0.1) is 0 Å². The van der Waals surface area contributed by atoms with Crippen LogP contribution in [-0.4, -0.2) is 27.2 Å². The lowest BCUT2D eigenvalue weighted by atomic mass is 9.97. The van der Waals surface area contributed by atoms with Crippen molar-refractivity contribution in [2.75, 3.05) is 0 Å². The number of likely N-dealkylation sites (tertiary alicyclic amines) is 1. The van der Waals surface area contributed by atoms with Crippen molar-refractivity contribution >= 4 is 23.4 Å². The predicted octanol–water partition coefficient (Wildman–Crippen LogP) is 2.93. The van der Waals surface area contributed by atoms with Crippen molar-refractivity contribution in [2.24, 2.45) is 0 Å². The van der Waals surface area contributed by atoms with Crippen LogP contribution in [0.25, 0.3) is 0 Å². The van der Waals surface area contributed by atoms with Crippen molar-refractivity contribution in [3.63, 3.8) is 0 Å². The average Bonchev–Trinajstić information content (AvgIpc) is 2.92. The molecule has 1 atom stereocenters. The summed E-state index contributed by atoms with van der Waals surface area (Å²) in [6.45, 7) is 2.53. The largest absolute Gasteiger partial charge is 0.350 e. The maximum absolute atomic E-state index is 12.8. The number of nitrogens with zero attached hydrogens (tertiary/aromatic N) is 2. The fourth-order valence-corrected chi connectivity index (χ4v) is 3.26. The van der Waals surface area contributed by atoms with Gasteiger partial charge in [0.05, 0.1) is 0 Å². The van der Waals surface area contributed by atoms with E-state index in [0.717, 1.165) is 11.1 Å². The summed E-state index contributed by atoms with van der Waals surface area (Å²) in [5, 5.41) is 3.52. The lowest BCUT2D eigenvalue weighted by molar-refractivity contribution is -0.141. The molecule has 1 aliphatic heterocycles. The Morgan fingerprint density at radius 1 is 1.32 bits per heavy atom. The van der Waals surface area contributed by atoms with Gasteiger partial charge in [0.1, 0.15) is 5.54 Å². The summed E-state index contributed by atoms with van der Waals surface area (Å²) in [4.78, 5) is 30.9. The van der Waals surface area contributed by atoms with Crippen molar-refractivity contribution in [1.29, 1.82) is 0 Å². The molecule has 2 amide bonds. The molecule has 0 radical (unpaired) electrons. The lowest BCUT2D eigenvalue weighted by Crippen LogP contribution is -2.53. The Kier molecular flexibility index (Phi) is 5.04. The number of hydrogen-bond donors (Lipinski definition) is 1. The molecule has 2 aromatic rings. The molecular formula is C19H20ClN3O2. The number of aromatic nitrogens is 1. The molecule has 1 N–H and O–H groups in total. The normalized spacial score (nSPS) is 19.9. The van der Waals surface area contributed by atoms with E-state index in [2.05, 4.69) is 10.3 Å². The van der Waals surface area contributed by atoms with Crippen LogP contribution in [0.5, 0.6) is 0 Å². The minimum atomic E-state index is -0.877. The molecule has 1 aliphatic rings. The second-order valence-electron chi connectivity index (χ2n) is 6.39. The number of amides is 2. The smallest absolute Gasteiger partial charge is 0.245 e. The Labute approximate surface area is 152 Å². The number of carbonyl (C=O) groups excluding carboxylic acids is 2. The van der Waals surface area contributed by atoms with Gasteiger partial charge in [-0.2, -0.15) is 0 Å². The van der Waals surface area contributed by atoms with E-state index in [9.17, 15) is 9.59 Å². The average molecular weight is 358 g/mol. The topological polar surface area (TPSA) is 62.3 Å². The number of nitrogens with one attached hydrogen (secondary N) is 1. The van der Waals surface area contributed by atoms with Gasteiger partial charge in [0.15, 0.2) is 0 Å². The zero-order valence-corrected chi connectivity index (χ0v) is 14.8. The van der Waals surface area contributed by atoms with Crippen LogP contribution < -0.4 is 5.32 Å². The van der Waals surface area contributed by atoms with Gasteiger partial charge in [0.2, 0.25) is 11.8 Å². The lowest BCUT2D eigenvalue weighted by Gasteiger charge is -2.34. The van der Waals surface area contributed by atoms with Crippen molar-refractivity contribution in [3.05, 3.63) is 64.9 Å². The number of halogens is 1. The highest BCUT2D eigenvalue weighted by molar-refractivity contribution is 6.31. The first-order chi connectivity index (χ1) is 12.0. The maximum atomic E-state index is 12.8. The molecule has 1 aromatic carbocycles. The summed E-state index contributed by atoms with van der Waals surface area (Å²) in [5.74, 6) is -0.187. The van der Waals surface area contributed by atoms with Crippen molar-refractivity contribution in [2.45, 2.75) is 38.4 Å². The number of rotatable bonds is 5. The Morgan fingerprint density at radius 3 is 2.84 bits per heavy atom. The quantitative estimate of drug-likeness (QED) is 0.894.